The maximum atomic E-state index is 12.3. The highest BCUT2D eigenvalue weighted by Gasteiger charge is 2.30. The number of halogens is 3. The van der Waals surface area contributed by atoms with Crippen molar-refractivity contribution in [2.75, 3.05) is 19.6 Å². The normalized spacial score (nSPS) is 19.4. The second-order valence-electron chi connectivity index (χ2n) is 6.72. The predicted molar refractivity (Wildman–Crippen MR) is 89.5 cm³/mol. The average Bonchev–Trinajstić information content (AvgIpc) is 3.22. The van der Waals surface area contributed by atoms with E-state index in [1.165, 1.54) is 0 Å². The van der Waals surface area contributed by atoms with E-state index in [4.69, 9.17) is 0 Å². The summed E-state index contributed by atoms with van der Waals surface area (Å²) in [5, 5.41) is 1.04. The molecular formula is C17H20F3N5. The Morgan fingerprint density at radius 1 is 1.36 bits per heavy atom. The minimum absolute atomic E-state index is 0.159. The third-order valence-electron chi connectivity index (χ3n) is 4.96. The van der Waals surface area contributed by atoms with Crippen LogP contribution in [0.25, 0.3) is 22.1 Å². The molecule has 1 aliphatic heterocycles. The second kappa shape index (κ2) is 6.01. The summed E-state index contributed by atoms with van der Waals surface area (Å²) in [6, 6.07) is 2.23. The highest BCUT2D eigenvalue weighted by molar-refractivity contribution is 6.01. The standard InChI is InChI=1S/C17H20F3N5/c1-11-23-14-9-22-16-13(3-6-21-16)15(14)25(11)12-4-8-24(10-12)7-2-5-17(18,19)20/h3,6,9,12H,2,4-5,7-8,10H2,1H3,(H,21,22). The number of aromatic amines is 1. The molecule has 3 aromatic heterocycles. The van der Waals surface area contributed by atoms with Crippen LogP contribution < -0.4 is 0 Å². The van der Waals surface area contributed by atoms with Gasteiger partial charge in [-0.2, -0.15) is 13.2 Å². The number of nitrogens with one attached hydrogen (secondary N) is 1. The number of hydrogen-bond donors (Lipinski definition) is 1. The molecule has 4 heterocycles. The minimum atomic E-state index is -4.07. The van der Waals surface area contributed by atoms with Crippen LogP contribution in [0.2, 0.25) is 0 Å². The summed E-state index contributed by atoms with van der Waals surface area (Å²) in [4.78, 5) is 14.2. The quantitative estimate of drug-likeness (QED) is 0.778. The fourth-order valence-electron chi connectivity index (χ4n) is 3.88. The molecule has 1 saturated heterocycles. The Kier molecular flexibility index (Phi) is 3.94. The summed E-state index contributed by atoms with van der Waals surface area (Å²) < 4.78 is 39.2. The molecule has 0 aliphatic carbocycles. The molecule has 0 amide bonds. The van der Waals surface area contributed by atoms with E-state index < -0.39 is 12.6 Å². The van der Waals surface area contributed by atoms with Crippen molar-refractivity contribution in [3.05, 3.63) is 24.3 Å². The largest absolute Gasteiger partial charge is 0.389 e. The van der Waals surface area contributed by atoms with Gasteiger partial charge in [-0.15, -0.1) is 0 Å². The van der Waals surface area contributed by atoms with Gasteiger partial charge in [-0.1, -0.05) is 0 Å². The summed E-state index contributed by atoms with van der Waals surface area (Å²) in [6.45, 7) is 4.05. The molecule has 0 radical (unpaired) electrons. The zero-order valence-corrected chi connectivity index (χ0v) is 14.0. The first-order valence-electron chi connectivity index (χ1n) is 8.52. The molecule has 1 N–H and O–H groups in total. The smallest absolute Gasteiger partial charge is 0.346 e. The highest BCUT2D eigenvalue weighted by atomic mass is 19.4. The molecule has 4 rings (SSSR count). The number of alkyl halides is 3. The van der Waals surface area contributed by atoms with Crippen LogP contribution >= 0.6 is 0 Å². The summed E-state index contributed by atoms with van der Waals surface area (Å²) in [6.07, 6.45) is -0.0615. The van der Waals surface area contributed by atoms with Gasteiger partial charge in [0.1, 0.15) is 17.0 Å². The Bertz CT molecular complexity index is 895. The van der Waals surface area contributed by atoms with Gasteiger partial charge in [0.2, 0.25) is 0 Å². The zero-order chi connectivity index (χ0) is 17.6. The molecule has 8 heteroatoms. The molecule has 1 fully saturated rings. The fourth-order valence-corrected chi connectivity index (χ4v) is 3.88. The molecule has 25 heavy (non-hydrogen) atoms. The van der Waals surface area contributed by atoms with Crippen LogP contribution in [0.3, 0.4) is 0 Å². The van der Waals surface area contributed by atoms with E-state index in [-0.39, 0.29) is 12.5 Å². The van der Waals surface area contributed by atoms with Gasteiger partial charge in [-0.25, -0.2) is 9.97 Å². The van der Waals surface area contributed by atoms with E-state index >= 15 is 0 Å². The molecule has 0 aromatic carbocycles. The predicted octanol–water partition coefficient (Wildman–Crippen LogP) is 3.81. The molecule has 0 bridgehead atoms. The SMILES string of the molecule is Cc1nc2cnc3[nH]ccc3c2n1C1CCN(CCCC(F)(F)F)C1. The van der Waals surface area contributed by atoms with Crippen molar-refractivity contribution >= 4 is 22.1 Å². The molecule has 1 atom stereocenters. The molecular weight excluding hydrogens is 331 g/mol. The molecule has 134 valence electrons. The van der Waals surface area contributed by atoms with Crippen LogP contribution in [0, 0.1) is 6.92 Å². The van der Waals surface area contributed by atoms with Crippen LogP contribution in [-0.2, 0) is 0 Å². The minimum Gasteiger partial charge on any atom is -0.346 e. The van der Waals surface area contributed by atoms with Gasteiger partial charge in [-0.3, -0.25) is 0 Å². The molecule has 1 unspecified atom stereocenters. The zero-order valence-electron chi connectivity index (χ0n) is 14.0. The third-order valence-corrected chi connectivity index (χ3v) is 4.96. The first kappa shape index (κ1) is 16.4. The van der Waals surface area contributed by atoms with E-state index in [0.717, 1.165) is 47.4 Å². The van der Waals surface area contributed by atoms with E-state index in [1.807, 2.05) is 19.2 Å². The summed E-state index contributed by atoms with van der Waals surface area (Å²) in [5.41, 5.74) is 2.75. The van der Waals surface area contributed by atoms with Crippen molar-refractivity contribution in [3.8, 4) is 0 Å². The number of imidazole rings is 1. The van der Waals surface area contributed by atoms with Crippen LogP contribution in [-0.4, -0.2) is 50.2 Å². The lowest BCUT2D eigenvalue weighted by molar-refractivity contribution is -0.136. The maximum absolute atomic E-state index is 12.3. The fraction of sp³-hybridized carbons (Fsp3) is 0.529. The van der Waals surface area contributed by atoms with E-state index in [1.54, 1.807) is 6.20 Å². The maximum Gasteiger partial charge on any atom is 0.389 e. The van der Waals surface area contributed by atoms with E-state index in [0.29, 0.717) is 6.54 Å². The summed E-state index contributed by atoms with van der Waals surface area (Å²) in [5.74, 6) is 0.924. The Balaban J connectivity index is 1.56. The lowest BCUT2D eigenvalue weighted by Gasteiger charge is -2.18. The second-order valence-corrected chi connectivity index (χ2v) is 6.72. The molecule has 0 spiro atoms. The summed E-state index contributed by atoms with van der Waals surface area (Å²) >= 11 is 0. The Hall–Kier alpha value is -2.09. The lowest BCUT2D eigenvalue weighted by Crippen LogP contribution is -2.24. The number of hydrogen-bond acceptors (Lipinski definition) is 3. The first-order chi connectivity index (χ1) is 11.9. The van der Waals surface area contributed by atoms with Gasteiger partial charge in [0, 0.05) is 37.1 Å². The lowest BCUT2D eigenvalue weighted by atomic mass is 10.2. The van der Waals surface area contributed by atoms with E-state index in [9.17, 15) is 13.2 Å². The van der Waals surface area contributed by atoms with Gasteiger partial charge < -0.3 is 14.5 Å². The van der Waals surface area contributed by atoms with Crippen LogP contribution in [0.4, 0.5) is 13.2 Å². The number of H-pyrrole nitrogens is 1. The van der Waals surface area contributed by atoms with Gasteiger partial charge in [-0.05, 0) is 32.4 Å². The summed E-state index contributed by atoms with van der Waals surface area (Å²) in [7, 11) is 0. The third kappa shape index (κ3) is 3.10. The van der Waals surface area contributed by atoms with Gasteiger partial charge >= 0.3 is 6.18 Å². The molecule has 3 aromatic rings. The number of nitrogens with zero attached hydrogens (tertiary/aromatic N) is 4. The number of likely N-dealkylation sites (tertiary alicyclic amines) is 1. The van der Waals surface area contributed by atoms with Crippen molar-refractivity contribution in [3.63, 3.8) is 0 Å². The average molecular weight is 351 g/mol. The first-order valence-corrected chi connectivity index (χ1v) is 8.52. The van der Waals surface area contributed by atoms with Crippen molar-refractivity contribution in [2.24, 2.45) is 0 Å². The van der Waals surface area contributed by atoms with Gasteiger partial charge in [0.05, 0.1) is 11.7 Å². The number of fused-ring (bicyclic) bond motifs is 3. The van der Waals surface area contributed by atoms with E-state index in [2.05, 4.69) is 24.4 Å². The van der Waals surface area contributed by atoms with Crippen LogP contribution in [0.15, 0.2) is 18.5 Å². The van der Waals surface area contributed by atoms with Gasteiger partial charge in [0.15, 0.2) is 0 Å². The monoisotopic (exact) mass is 351 g/mol. The Morgan fingerprint density at radius 2 is 2.20 bits per heavy atom. The van der Waals surface area contributed by atoms with Crippen molar-refractivity contribution < 1.29 is 13.2 Å². The number of aryl methyl sites for hydroxylation is 1. The number of rotatable bonds is 4. The van der Waals surface area contributed by atoms with Crippen molar-refractivity contribution in [1.29, 1.82) is 0 Å². The topological polar surface area (TPSA) is 49.7 Å². The number of pyridine rings is 1. The molecule has 5 nitrogen and oxygen atoms in total. The van der Waals surface area contributed by atoms with Crippen LogP contribution in [0.5, 0.6) is 0 Å². The highest BCUT2D eigenvalue weighted by Crippen LogP contribution is 2.31. The van der Waals surface area contributed by atoms with Crippen molar-refractivity contribution in [2.45, 2.75) is 38.4 Å². The molecule has 1 aliphatic rings. The number of aromatic nitrogens is 4. The van der Waals surface area contributed by atoms with Crippen LogP contribution in [0.1, 0.15) is 31.1 Å². The Morgan fingerprint density at radius 3 is 3.00 bits per heavy atom. The Labute approximate surface area is 142 Å². The molecule has 0 saturated carbocycles. The van der Waals surface area contributed by atoms with Gasteiger partial charge in [0.25, 0.3) is 0 Å². The van der Waals surface area contributed by atoms with Crippen molar-refractivity contribution in [1.82, 2.24) is 24.4 Å².